The second-order valence-electron chi connectivity index (χ2n) is 10.2. The highest BCUT2D eigenvalue weighted by Crippen LogP contribution is 2.36. The smallest absolute Gasteiger partial charge is 0.232 e. The number of hydrogen-bond donors (Lipinski definition) is 4. The summed E-state index contributed by atoms with van der Waals surface area (Å²) in [7, 11) is 0. The second kappa shape index (κ2) is 11.0. The van der Waals surface area contributed by atoms with Crippen LogP contribution >= 0.6 is 0 Å². The summed E-state index contributed by atoms with van der Waals surface area (Å²) in [4.78, 5) is 15.2. The summed E-state index contributed by atoms with van der Waals surface area (Å²) in [6.07, 6.45) is 1.71. The Kier molecular flexibility index (Phi) is 7.49. The van der Waals surface area contributed by atoms with Gasteiger partial charge in [-0.05, 0) is 41.7 Å². The molecular weight excluding hydrogens is 476 g/mol. The molecule has 0 spiro atoms. The Morgan fingerprint density at radius 3 is 2.45 bits per heavy atom. The molecule has 3 atom stereocenters. The van der Waals surface area contributed by atoms with E-state index in [0.717, 1.165) is 41.7 Å². The molecule has 1 amide bonds. The Balaban J connectivity index is 1.46. The SMILES string of the molecule is CCC1(CC)CC(=O)N(C(c2ccccc2)c2cccc(C(O)NC3CCOc4ccccc43)c2)C(=N)N1. The van der Waals surface area contributed by atoms with Crippen LogP contribution in [0.25, 0.3) is 0 Å². The molecule has 7 heteroatoms. The maximum Gasteiger partial charge on any atom is 0.232 e. The zero-order valence-electron chi connectivity index (χ0n) is 22.0. The number of carbonyl (C=O) groups excluding carboxylic acids is 1. The monoisotopic (exact) mass is 512 g/mol. The van der Waals surface area contributed by atoms with Crippen LogP contribution in [0.2, 0.25) is 0 Å². The molecule has 198 valence electrons. The highest BCUT2D eigenvalue weighted by Gasteiger charge is 2.42. The van der Waals surface area contributed by atoms with E-state index in [-0.39, 0.29) is 17.9 Å². The van der Waals surface area contributed by atoms with Crippen molar-refractivity contribution < 1.29 is 14.6 Å². The molecule has 4 N–H and O–H groups in total. The number of rotatable bonds is 8. The van der Waals surface area contributed by atoms with Gasteiger partial charge in [-0.2, -0.15) is 0 Å². The predicted molar refractivity (Wildman–Crippen MR) is 148 cm³/mol. The average Bonchev–Trinajstić information content (AvgIpc) is 2.95. The van der Waals surface area contributed by atoms with Crippen molar-refractivity contribution in [2.24, 2.45) is 0 Å². The number of aliphatic hydroxyl groups excluding tert-OH is 1. The van der Waals surface area contributed by atoms with Crippen LogP contribution < -0.4 is 15.4 Å². The molecular formula is C31H36N4O3. The van der Waals surface area contributed by atoms with Gasteiger partial charge in [-0.3, -0.25) is 20.4 Å². The number of aliphatic hydroxyl groups is 1. The lowest BCUT2D eigenvalue weighted by Gasteiger charge is -2.45. The average molecular weight is 513 g/mol. The van der Waals surface area contributed by atoms with E-state index in [1.165, 1.54) is 0 Å². The van der Waals surface area contributed by atoms with Crippen molar-refractivity contribution in [2.45, 2.75) is 63.4 Å². The van der Waals surface area contributed by atoms with Crippen LogP contribution in [0.15, 0.2) is 78.9 Å². The van der Waals surface area contributed by atoms with E-state index in [2.05, 4.69) is 24.5 Å². The number of nitrogens with one attached hydrogen (secondary N) is 3. The van der Waals surface area contributed by atoms with Crippen LogP contribution in [0.4, 0.5) is 0 Å². The minimum atomic E-state index is -0.912. The van der Waals surface area contributed by atoms with E-state index in [1.54, 1.807) is 4.90 Å². The number of guanidine groups is 1. The molecule has 0 bridgehead atoms. The third-order valence-electron chi connectivity index (χ3n) is 7.97. The molecule has 5 rings (SSSR count). The summed E-state index contributed by atoms with van der Waals surface area (Å²) < 4.78 is 5.77. The Bertz CT molecular complexity index is 1270. The van der Waals surface area contributed by atoms with Gasteiger partial charge in [0, 0.05) is 23.6 Å². The minimum Gasteiger partial charge on any atom is -0.493 e. The van der Waals surface area contributed by atoms with Crippen LogP contribution in [0.3, 0.4) is 0 Å². The predicted octanol–water partition coefficient (Wildman–Crippen LogP) is 5.20. The topological polar surface area (TPSA) is 97.7 Å². The summed E-state index contributed by atoms with van der Waals surface area (Å²) in [6.45, 7) is 4.69. The molecule has 2 aliphatic rings. The van der Waals surface area contributed by atoms with E-state index >= 15 is 0 Å². The van der Waals surface area contributed by atoms with Crippen molar-refractivity contribution in [3.63, 3.8) is 0 Å². The van der Waals surface area contributed by atoms with Gasteiger partial charge < -0.3 is 15.2 Å². The first-order valence-electron chi connectivity index (χ1n) is 13.4. The Morgan fingerprint density at radius 2 is 1.71 bits per heavy atom. The van der Waals surface area contributed by atoms with Crippen molar-refractivity contribution >= 4 is 11.9 Å². The minimum absolute atomic E-state index is 0.0409. The fraction of sp³-hybridized carbons (Fsp3) is 0.355. The number of carbonyl (C=O) groups is 1. The van der Waals surface area contributed by atoms with Crippen LogP contribution in [-0.2, 0) is 4.79 Å². The third kappa shape index (κ3) is 5.04. The fourth-order valence-electron chi connectivity index (χ4n) is 5.63. The van der Waals surface area contributed by atoms with Gasteiger partial charge in [0.1, 0.15) is 12.0 Å². The molecule has 2 heterocycles. The molecule has 38 heavy (non-hydrogen) atoms. The van der Waals surface area contributed by atoms with Gasteiger partial charge >= 0.3 is 0 Å². The first-order chi connectivity index (χ1) is 18.4. The van der Waals surface area contributed by atoms with Crippen molar-refractivity contribution in [1.82, 2.24) is 15.5 Å². The molecule has 0 saturated carbocycles. The number of ether oxygens (including phenoxy) is 1. The van der Waals surface area contributed by atoms with Crippen LogP contribution in [0.5, 0.6) is 5.75 Å². The van der Waals surface area contributed by atoms with E-state index in [9.17, 15) is 9.90 Å². The highest BCUT2D eigenvalue weighted by molar-refractivity contribution is 6.00. The summed E-state index contributed by atoms with van der Waals surface area (Å²) in [6, 6.07) is 24.8. The van der Waals surface area contributed by atoms with Crippen molar-refractivity contribution in [1.29, 1.82) is 5.41 Å². The van der Waals surface area contributed by atoms with Gasteiger partial charge in [0.05, 0.1) is 19.1 Å². The molecule has 0 radical (unpaired) electrons. The Morgan fingerprint density at radius 1 is 1.03 bits per heavy atom. The van der Waals surface area contributed by atoms with E-state index in [0.29, 0.717) is 18.6 Å². The van der Waals surface area contributed by atoms with Crippen LogP contribution in [0, 0.1) is 5.41 Å². The molecule has 0 aromatic heterocycles. The number of nitrogens with zero attached hydrogens (tertiary/aromatic N) is 1. The van der Waals surface area contributed by atoms with Gasteiger partial charge in [0.25, 0.3) is 0 Å². The van der Waals surface area contributed by atoms with Crippen molar-refractivity contribution in [3.8, 4) is 5.75 Å². The Labute approximate surface area is 224 Å². The van der Waals surface area contributed by atoms with Gasteiger partial charge in [0.2, 0.25) is 5.91 Å². The molecule has 0 aliphatic carbocycles. The number of para-hydroxylation sites is 1. The molecule has 3 unspecified atom stereocenters. The quantitative estimate of drug-likeness (QED) is 0.311. The van der Waals surface area contributed by atoms with E-state index in [1.807, 2.05) is 78.9 Å². The zero-order chi connectivity index (χ0) is 26.7. The fourth-order valence-corrected chi connectivity index (χ4v) is 5.63. The molecule has 2 aliphatic heterocycles. The first kappa shape index (κ1) is 25.9. The van der Waals surface area contributed by atoms with E-state index in [4.69, 9.17) is 10.1 Å². The second-order valence-corrected chi connectivity index (χ2v) is 10.2. The summed E-state index contributed by atoms with van der Waals surface area (Å²) in [5.74, 6) is 0.877. The maximum atomic E-state index is 13.6. The van der Waals surface area contributed by atoms with Crippen LogP contribution in [-0.4, -0.2) is 34.0 Å². The lowest BCUT2D eigenvalue weighted by molar-refractivity contribution is -0.132. The third-order valence-corrected chi connectivity index (χ3v) is 7.97. The van der Waals surface area contributed by atoms with Gasteiger partial charge in [-0.15, -0.1) is 0 Å². The van der Waals surface area contributed by atoms with Gasteiger partial charge in [-0.25, -0.2) is 0 Å². The number of hydrogen-bond acceptors (Lipinski definition) is 5. The van der Waals surface area contributed by atoms with Gasteiger partial charge in [-0.1, -0.05) is 80.6 Å². The zero-order valence-corrected chi connectivity index (χ0v) is 22.0. The maximum absolute atomic E-state index is 13.6. The van der Waals surface area contributed by atoms with Crippen molar-refractivity contribution in [3.05, 3.63) is 101 Å². The molecule has 1 fully saturated rings. The standard InChI is InChI=1S/C31H36N4O3/c1-3-31(4-2)20-27(36)35(30(32)34-31)28(21-11-6-5-7-12-21)22-13-10-14-23(19-22)29(37)33-25-17-18-38-26-16-9-8-15-24(25)26/h5-16,19,25,28-29,33,37H,3-4,17-18,20H2,1-2H3,(H2,32,34). The summed E-state index contributed by atoms with van der Waals surface area (Å²) in [5, 5.41) is 26.8. The van der Waals surface area contributed by atoms with E-state index < -0.39 is 17.8 Å². The highest BCUT2D eigenvalue weighted by atomic mass is 16.5. The normalized spacial score (nSPS) is 20.2. The summed E-state index contributed by atoms with van der Waals surface area (Å²) >= 11 is 0. The number of fused-ring (bicyclic) bond motifs is 1. The number of benzene rings is 3. The van der Waals surface area contributed by atoms with Crippen LogP contribution in [0.1, 0.15) is 80.1 Å². The first-order valence-corrected chi connectivity index (χ1v) is 13.4. The number of amides is 1. The Hall–Kier alpha value is -3.68. The van der Waals surface area contributed by atoms with Gasteiger partial charge in [0.15, 0.2) is 5.96 Å². The lowest BCUT2D eigenvalue weighted by atomic mass is 9.85. The molecule has 3 aromatic rings. The molecule has 7 nitrogen and oxygen atoms in total. The van der Waals surface area contributed by atoms with Crippen molar-refractivity contribution in [2.75, 3.05) is 6.61 Å². The molecule has 3 aromatic carbocycles. The lowest BCUT2D eigenvalue weighted by Crippen LogP contribution is -2.62. The molecule has 1 saturated heterocycles. The largest absolute Gasteiger partial charge is 0.493 e. The summed E-state index contributed by atoms with van der Waals surface area (Å²) in [5.41, 5.74) is 3.08.